The molecule has 224 valence electrons. The number of carbonyl (C=O) groups is 1. The molecule has 1 amide bonds. The number of nitrogens with one attached hydrogen (secondary N) is 1. The molecule has 0 spiro atoms. The van der Waals surface area contributed by atoms with Crippen LogP contribution in [0, 0.1) is 5.82 Å². The second kappa shape index (κ2) is 11.9. The number of aromatic hydroxyl groups is 1. The number of carbonyl (C=O) groups excluding carboxylic acids is 1. The van der Waals surface area contributed by atoms with Crippen LogP contribution in [0.25, 0.3) is 21.7 Å². The highest BCUT2D eigenvalue weighted by Gasteiger charge is 2.48. The van der Waals surface area contributed by atoms with E-state index in [1.54, 1.807) is 34.0 Å². The van der Waals surface area contributed by atoms with Crippen molar-refractivity contribution in [1.82, 2.24) is 19.8 Å². The lowest BCUT2D eigenvalue weighted by molar-refractivity contribution is 0.147. The summed E-state index contributed by atoms with van der Waals surface area (Å²) in [7, 11) is -2.50. The molecule has 2 aromatic heterocycles. The zero-order valence-electron chi connectivity index (χ0n) is 25.3. The van der Waals surface area contributed by atoms with Crippen LogP contribution in [0.4, 0.5) is 9.18 Å². The number of pyridine rings is 1. The molecule has 1 aliphatic rings. The Morgan fingerprint density at radius 1 is 1.00 bits per heavy atom. The van der Waals surface area contributed by atoms with E-state index in [1.165, 1.54) is 12.1 Å². The first-order valence-electron chi connectivity index (χ1n) is 14.8. The molecular weight excluding hydrogens is 551 g/mol. The van der Waals surface area contributed by atoms with Crippen molar-refractivity contribution >= 4 is 36.1 Å². The summed E-state index contributed by atoms with van der Waals surface area (Å²) in [6.07, 6.45) is 3.04. The van der Waals surface area contributed by atoms with Gasteiger partial charge in [0.1, 0.15) is 17.1 Å². The van der Waals surface area contributed by atoms with Gasteiger partial charge in [0.2, 0.25) is 5.88 Å². The van der Waals surface area contributed by atoms with Crippen LogP contribution in [0.2, 0.25) is 16.6 Å². The largest absolute Gasteiger partial charge is 0.541 e. The number of nitrogens with zero attached hydrogens (tertiary/aromatic N) is 3. The van der Waals surface area contributed by atoms with E-state index in [4.69, 9.17) is 14.1 Å². The number of benzene rings is 2. The molecule has 8 nitrogen and oxygen atoms in total. The Morgan fingerprint density at radius 3 is 2.26 bits per heavy atom. The van der Waals surface area contributed by atoms with Crippen molar-refractivity contribution in [2.75, 3.05) is 26.2 Å². The average Bonchev–Trinajstić information content (AvgIpc) is 3.29. The third kappa shape index (κ3) is 5.33. The van der Waals surface area contributed by atoms with E-state index in [0.29, 0.717) is 59.4 Å². The molecule has 0 radical (unpaired) electrons. The standard InChI is InChI=1S/C32H41FN4O4Si/c1-20(2)42(21(3)4,22(5)6)41-30-27-26(19-37(31(27)38)18-23-9-11-24(33)12-10-23)29(25-8-7-13-35-28(25)30)40-32(39)36-16-14-34-15-17-36/h7-13,19-22,34,38H,14-18H2,1-6H3. The third-order valence-electron chi connectivity index (χ3n) is 8.61. The highest BCUT2D eigenvalue weighted by atomic mass is 28.4. The van der Waals surface area contributed by atoms with E-state index >= 15 is 0 Å². The van der Waals surface area contributed by atoms with Crippen LogP contribution >= 0.6 is 0 Å². The molecule has 0 atom stereocenters. The van der Waals surface area contributed by atoms with Crippen molar-refractivity contribution in [3.05, 3.63) is 60.2 Å². The number of ether oxygens (including phenoxy) is 1. The Kier molecular flexibility index (Phi) is 8.48. The quantitative estimate of drug-likeness (QED) is 0.213. The molecule has 3 heterocycles. The second-order valence-corrected chi connectivity index (χ2v) is 17.5. The summed E-state index contributed by atoms with van der Waals surface area (Å²) < 4.78 is 28.7. The molecule has 2 aromatic carbocycles. The summed E-state index contributed by atoms with van der Waals surface area (Å²) in [6.45, 7) is 16.0. The fourth-order valence-electron chi connectivity index (χ4n) is 6.62. The monoisotopic (exact) mass is 592 g/mol. The predicted molar refractivity (Wildman–Crippen MR) is 167 cm³/mol. The van der Waals surface area contributed by atoms with E-state index < -0.39 is 14.4 Å². The summed E-state index contributed by atoms with van der Waals surface area (Å²) in [5, 5.41) is 16.7. The van der Waals surface area contributed by atoms with Crippen molar-refractivity contribution in [1.29, 1.82) is 0 Å². The van der Waals surface area contributed by atoms with Gasteiger partial charge in [0.15, 0.2) is 5.75 Å². The minimum Gasteiger partial charge on any atom is -0.541 e. The van der Waals surface area contributed by atoms with Crippen LogP contribution in [-0.4, -0.2) is 60.1 Å². The minimum absolute atomic E-state index is 0.0180. The van der Waals surface area contributed by atoms with E-state index in [2.05, 4.69) is 46.9 Å². The first-order chi connectivity index (χ1) is 20.0. The van der Waals surface area contributed by atoms with Crippen molar-refractivity contribution in [2.45, 2.75) is 64.7 Å². The van der Waals surface area contributed by atoms with Crippen LogP contribution in [0.5, 0.6) is 17.4 Å². The Labute approximate surface area is 247 Å². The fraction of sp³-hybridized carbons (Fsp3) is 0.438. The average molecular weight is 593 g/mol. The summed E-state index contributed by atoms with van der Waals surface area (Å²) >= 11 is 0. The maximum Gasteiger partial charge on any atom is 0.415 e. The molecule has 4 aromatic rings. The van der Waals surface area contributed by atoms with Gasteiger partial charge in [-0.1, -0.05) is 53.7 Å². The fourth-order valence-corrected chi connectivity index (χ4v) is 11.9. The molecule has 5 rings (SSSR count). The third-order valence-corrected chi connectivity index (χ3v) is 14.6. The molecule has 1 fully saturated rings. The Morgan fingerprint density at radius 2 is 1.64 bits per heavy atom. The number of piperazine rings is 1. The Bertz CT molecular complexity index is 1560. The minimum atomic E-state index is -2.50. The zero-order valence-corrected chi connectivity index (χ0v) is 26.3. The van der Waals surface area contributed by atoms with Crippen LogP contribution in [0.15, 0.2) is 48.8 Å². The molecule has 0 bridgehead atoms. The number of amides is 1. The maximum atomic E-state index is 13.6. The molecule has 0 unspecified atom stereocenters. The molecule has 2 N–H and O–H groups in total. The van der Waals surface area contributed by atoms with Crippen molar-refractivity contribution in [3.63, 3.8) is 0 Å². The van der Waals surface area contributed by atoms with Crippen LogP contribution in [0.1, 0.15) is 47.1 Å². The molecule has 1 aliphatic heterocycles. The van der Waals surface area contributed by atoms with Gasteiger partial charge in [-0.05, 0) is 46.5 Å². The lowest BCUT2D eigenvalue weighted by Crippen LogP contribution is -2.50. The van der Waals surface area contributed by atoms with E-state index in [9.17, 15) is 14.3 Å². The van der Waals surface area contributed by atoms with Crippen LogP contribution < -0.4 is 14.5 Å². The highest BCUT2D eigenvalue weighted by molar-refractivity contribution is 6.78. The van der Waals surface area contributed by atoms with Crippen LogP contribution in [0.3, 0.4) is 0 Å². The molecule has 10 heteroatoms. The Hall–Kier alpha value is -3.63. The van der Waals surface area contributed by atoms with Gasteiger partial charge >= 0.3 is 6.09 Å². The number of fused-ring (bicyclic) bond motifs is 2. The number of hydrogen-bond donors (Lipinski definition) is 2. The van der Waals surface area contributed by atoms with Crippen LogP contribution in [-0.2, 0) is 6.54 Å². The van der Waals surface area contributed by atoms with Gasteiger partial charge in [0, 0.05) is 44.0 Å². The lowest BCUT2D eigenvalue weighted by Gasteiger charge is -2.42. The normalized spacial score (nSPS) is 14.5. The smallest absolute Gasteiger partial charge is 0.415 e. The van der Waals surface area contributed by atoms with Gasteiger partial charge in [-0.3, -0.25) is 4.98 Å². The topological polar surface area (TPSA) is 88.9 Å². The van der Waals surface area contributed by atoms with Gasteiger partial charge in [0.05, 0.1) is 17.3 Å². The molecule has 42 heavy (non-hydrogen) atoms. The summed E-state index contributed by atoms with van der Waals surface area (Å²) in [5.41, 5.74) is 2.19. The Balaban J connectivity index is 1.76. The van der Waals surface area contributed by atoms with Gasteiger partial charge in [-0.15, -0.1) is 0 Å². The number of hydrogen-bond acceptors (Lipinski definition) is 6. The SMILES string of the molecule is CC(C)[Si](Oc1c2ncccc2c(OC(=O)N2CCNCC2)c2cn(Cc3ccc(F)cc3)c(O)c12)(C(C)C)C(C)C. The first kappa shape index (κ1) is 29.8. The molecule has 0 aliphatic carbocycles. The van der Waals surface area contributed by atoms with Gasteiger partial charge < -0.3 is 29.1 Å². The number of halogens is 1. The predicted octanol–water partition coefficient (Wildman–Crippen LogP) is 7.04. The van der Waals surface area contributed by atoms with Gasteiger partial charge in [-0.25, -0.2) is 9.18 Å². The second-order valence-electron chi connectivity index (χ2n) is 12.1. The molecule has 1 saturated heterocycles. The lowest BCUT2D eigenvalue weighted by atomic mass is 10.1. The van der Waals surface area contributed by atoms with E-state index in [1.807, 2.05) is 12.1 Å². The summed E-state index contributed by atoms with van der Waals surface area (Å²) in [6, 6.07) is 9.87. The van der Waals surface area contributed by atoms with Gasteiger partial charge in [0.25, 0.3) is 8.32 Å². The summed E-state index contributed by atoms with van der Waals surface area (Å²) in [4.78, 5) is 19.8. The van der Waals surface area contributed by atoms with Gasteiger partial charge in [-0.2, -0.15) is 0 Å². The van der Waals surface area contributed by atoms with Crippen molar-refractivity contribution < 1.29 is 23.5 Å². The van der Waals surface area contributed by atoms with E-state index in [-0.39, 0.29) is 34.9 Å². The molecule has 0 saturated carbocycles. The van der Waals surface area contributed by atoms with Crippen molar-refractivity contribution in [3.8, 4) is 17.4 Å². The van der Waals surface area contributed by atoms with E-state index in [0.717, 1.165) is 5.56 Å². The van der Waals surface area contributed by atoms with Crippen molar-refractivity contribution in [2.24, 2.45) is 0 Å². The zero-order chi connectivity index (χ0) is 30.2. The summed E-state index contributed by atoms with van der Waals surface area (Å²) in [5.74, 6) is 0.507. The maximum absolute atomic E-state index is 13.6. The number of aromatic nitrogens is 2. The highest BCUT2D eigenvalue weighted by Crippen LogP contribution is 2.51. The first-order valence-corrected chi connectivity index (χ1v) is 16.9. The number of rotatable bonds is 8. The molecular formula is C32H41FN4O4Si.